The van der Waals surface area contributed by atoms with Gasteiger partial charge in [-0.3, -0.25) is 4.79 Å². The number of aliphatic hydroxyl groups is 1. The van der Waals surface area contributed by atoms with Gasteiger partial charge in [-0.15, -0.1) is 0 Å². The summed E-state index contributed by atoms with van der Waals surface area (Å²) in [4.78, 5) is 13.7. The molecule has 1 N–H and O–H groups in total. The highest BCUT2D eigenvalue weighted by Gasteiger charge is 2.42. The van der Waals surface area contributed by atoms with Crippen molar-refractivity contribution in [1.29, 1.82) is 0 Å². The lowest BCUT2D eigenvalue weighted by molar-refractivity contribution is -0.157. The summed E-state index contributed by atoms with van der Waals surface area (Å²) in [5, 5.41) is 9.60. The smallest absolute Gasteiger partial charge is 0.225 e. The third kappa shape index (κ3) is 2.84. The quantitative estimate of drug-likeness (QED) is 0.720. The Morgan fingerprint density at radius 2 is 1.78 bits per heavy atom. The van der Waals surface area contributed by atoms with Gasteiger partial charge >= 0.3 is 0 Å². The maximum atomic E-state index is 12.1. The van der Waals surface area contributed by atoms with Gasteiger partial charge in [0, 0.05) is 19.0 Å². The van der Waals surface area contributed by atoms with Crippen LogP contribution in [0.1, 0.15) is 19.8 Å². The van der Waals surface area contributed by atoms with Gasteiger partial charge in [0.2, 0.25) is 15.9 Å². The number of amides is 1. The predicted octanol–water partition coefficient (Wildman–Crippen LogP) is -0.749. The van der Waals surface area contributed by atoms with E-state index in [1.807, 2.05) is 0 Å². The monoisotopic (exact) mass is 276 g/mol. The first-order chi connectivity index (χ1) is 8.19. The first-order valence-corrected chi connectivity index (χ1v) is 8.00. The summed E-state index contributed by atoms with van der Waals surface area (Å²) >= 11 is 0. The Hall–Kier alpha value is -0.660. The molecule has 7 heteroatoms. The van der Waals surface area contributed by atoms with Crippen molar-refractivity contribution in [3.63, 3.8) is 0 Å². The zero-order valence-corrected chi connectivity index (χ0v) is 11.6. The highest BCUT2D eigenvalue weighted by Crippen LogP contribution is 2.26. The van der Waals surface area contributed by atoms with Crippen LogP contribution in [0.3, 0.4) is 0 Å². The number of rotatable bonds is 2. The fourth-order valence-corrected chi connectivity index (χ4v) is 3.50. The van der Waals surface area contributed by atoms with E-state index in [9.17, 15) is 18.3 Å². The Morgan fingerprint density at radius 1 is 1.28 bits per heavy atom. The van der Waals surface area contributed by atoms with Crippen molar-refractivity contribution in [1.82, 2.24) is 9.21 Å². The van der Waals surface area contributed by atoms with Crippen LogP contribution in [0.2, 0.25) is 0 Å². The topological polar surface area (TPSA) is 77.9 Å². The molecule has 0 spiro atoms. The van der Waals surface area contributed by atoms with Crippen LogP contribution in [0.15, 0.2) is 0 Å². The molecule has 6 nitrogen and oxygen atoms in total. The molecule has 0 atom stereocenters. The lowest BCUT2D eigenvalue weighted by Gasteiger charge is -2.46. The molecule has 0 bridgehead atoms. The molecule has 0 aromatic heterocycles. The van der Waals surface area contributed by atoms with E-state index in [1.165, 1.54) is 10.6 Å². The molecule has 0 aromatic rings. The largest absolute Gasteiger partial charge is 0.386 e. The van der Waals surface area contributed by atoms with Crippen LogP contribution in [-0.4, -0.2) is 66.7 Å². The zero-order chi connectivity index (χ0) is 13.6. The Kier molecular flexibility index (Phi) is 3.42. The van der Waals surface area contributed by atoms with Crippen molar-refractivity contribution in [3.8, 4) is 0 Å². The van der Waals surface area contributed by atoms with Crippen LogP contribution in [0.5, 0.6) is 0 Å². The van der Waals surface area contributed by atoms with E-state index in [0.717, 1.165) is 0 Å². The Morgan fingerprint density at radius 3 is 2.17 bits per heavy atom. The molecule has 0 unspecified atom stereocenters. The minimum Gasteiger partial charge on any atom is -0.386 e. The average Bonchev–Trinajstić information content (AvgIpc) is 2.24. The van der Waals surface area contributed by atoms with Gasteiger partial charge in [0.05, 0.1) is 24.9 Å². The molecule has 0 aliphatic carbocycles. The molecule has 2 aliphatic rings. The van der Waals surface area contributed by atoms with E-state index in [4.69, 9.17) is 0 Å². The summed E-state index contributed by atoms with van der Waals surface area (Å²) in [6, 6.07) is 0. The Balaban J connectivity index is 1.85. The van der Waals surface area contributed by atoms with E-state index >= 15 is 0 Å². The van der Waals surface area contributed by atoms with Gasteiger partial charge in [-0.25, -0.2) is 12.7 Å². The van der Waals surface area contributed by atoms with Crippen molar-refractivity contribution >= 4 is 15.9 Å². The van der Waals surface area contributed by atoms with Crippen molar-refractivity contribution in [2.75, 3.05) is 32.4 Å². The lowest BCUT2D eigenvalue weighted by atomic mass is 9.91. The molecular formula is C11H20N2O4S. The van der Waals surface area contributed by atoms with E-state index in [0.29, 0.717) is 39.0 Å². The van der Waals surface area contributed by atoms with Crippen molar-refractivity contribution in [2.45, 2.75) is 25.4 Å². The number of likely N-dealkylation sites (tertiary alicyclic amines) is 1. The lowest BCUT2D eigenvalue weighted by Crippen LogP contribution is -2.63. The molecule has 2 heterocycles. The first-order valence-electron chi connectivity index (χ1n) is 6.15. The van der Waals surface area contributed by atoms with Gasteiger partial charge in [0.25, 0.3) is 0 Å². The second-order valence-electron chi connectivity index (χ2n) is 5.63. The molecule has 2 fully saturated rings. The van der Waals surface area contributed by atoms with E-state index < -0.39 is 15.6 Å². The van der Waals surface area contributed by atoms with Crippen LogP contribution in [0.4, 0.5) is 0 Å². The van der Waals surface area contributed by atoms with E-state index in [1.54, 1.807) is 11.8 Å². The molecule has 2 saturated heterocycles. The summed E-state index contributed by atoms with van der Waals surface area (Å²) in [6.45, 7) is 3.32. The summed E-state index contributed by atoms with van der Waals surface area (Å²) in [5.74, 6) is -0.0474. The fourth-order valence-electron chi connectivity index (χ4n) is 2.62. The van der Waals surface area contributed by atoms with Gasteiger partial charge in [-0.05, 0) is 19.8 Å². The van der Waals surface area contributed by atoms with Crippen LogP contribution in [-0.2, 0) is 14.8 Å². The molecule has 0 radical (unpaired) electrons. The van der Waals surface area contributed by atoms with E-state index in [2.05, 4.69) is 0 Å². The van der Waals surface area contributed by atoms with Gasteiger partial charge in [-0.1, -0.05) is 0 Å². The normalized spacial score (nSPS) is 25.8. The third-order valence-electron chi connectivity index (χ3n) is 3.65. The summed E-state index contributed by atoms with van der Waals surface area (Å²) in [5.41, 5.74) is -0.747. The minimum absolute atomic E-state index is 0.0506. The number of hydrogen-bond donors (Lipinski definition) is 1. The SMILES string of the molecule is CC1(O)CN(C(=O)C2CCN(S(C)(=O)=O)CC2)C1. The van der Waals surface area contributed by atoms with Crippen LogP contribution < -0.4 is 0 Å². The maximum absolute atomic E-state index is 12.1. The Bertz CT molecular complexity index is 430. The molecule has 104 valence electrons. The second-order valence-corrected chi connectivity index (χ2v) is 7.61. The number of carbonyl (C=O) groups is 1. The van der Waals surface area contributed by atoms with Gasteiger partial charge in [0.1, 0.15) is 0 Å². The van der Waals surface area contributed by atoms with Crippen molar-refractivity contribution in [2.24, 2.45) is 5.92 Å². The maximum Gasteiger partial charge on any atom is 0.225 e. The number of hydrogen-bond acceptors (Lipinski definition) is 4. The minimum atomic E-state index is -3.14. The molecule has 0 saturated carbocycles. The second kappa shape index (κ2) is 4.47. The van der Waals surface area contributed by atoms with Crippen molar-refractivity contribution in [3.05, 3.63) is 0 Å². The summed E-state index contributed by atoms with van der Waals surface area (Å²) in [6.07, 6.45) is 2.34. The highest BCUT2D eigenvalue weighted by molar-refractivity contribution is 7.88. The van der Waals surface area contributed by atoms with E-state index in [-0.39, 0.29) is 11.8 Å². The average molecular weight is 276 g/mol. The number of carbonyl (C=O) groups excluding carboxylic acids is 1. The number of sulfonamides is 1. The summed E-state index contributed by atoms with van der Waals surface area (Å²) in [7, 11) is -3.14. The number of β-amino-alcohol motifs (C(OH)–C–C–N with tert-alkyl or cyclic N) is 1. The number of piperidine rings is 1. The zero-order valence-electron chi connectivity index (χ0n) is 10.8. The highest BCUT2D eigenvalue weighted by atomic mass is 32.2. The van der Waals surface area contributed by atoms with Crippen LogP contribution in [0.25, 0.3) is 0 Å². The molecule has 2 aliphatic heterocycles. The van der Waals surface area contributed by atoms with Crippen LogP contribution in [0, 0.1) is 5.92 Å². The van der Waals surface area contributed by atoms with Crippen molar-refractivity contribution < 1.29 is 18.3 Å². The standard InChI is InChI=1S/C11H20N2O4S/c1-11(15)7-12(8-11)10(14)9-3-5-13(6-4-9)18(2,16)17/h9,15H,3-8H2,1-2H3. The third-order valence-corrected chi connectivity index (χ3v) is 4.95. The van der Waals surface area contributed by atoms with Crippen LogP contribution >= 0.6 is 0 Å². The van der Waals surface area contributed by atoms with Gasteiger partial charge < -0.3 is 10.0 Å². The first kappa shape index (κ1) is 13.8. The molecule has 18 heavy (non-hydrogen) atoms. The predicted molar refractivity (Wildman–Crippen MR) is 66.3 cm³/mol. The summed E-state index contributed by atoms with van der Waals surface area (Å²) < 4.78 is 24.1. The molecule has 0 aromatic carbocycles. The fraction of sp³-hybridized carbons (Fsp3) is 0.909. The molecule has 2 rings (SSSR count). The molecular weight excluding hydrogens is 256 g/mol. The molecule has 1 amide bonds. The van der Waals surface area contributed by atoms with Gasteiger partial charge in [-0.2, -0.15) is 0 Å². The number of nitrogens with zero attached hydrogens (tertiary/aromatic N) is 2. The van der Waals surface area contributed by atoms with Gasteiger partial charge in [0.15, 0.2) is 0 Å². The Labute approximate surface area is 108 Å².